The maximum atomic E-state index is 12.0. The molecule has 0 radical (unpaired) electrons. The number of halogens is 4. The summed E-state index contributed by atoms with van der Waals surface area (Å²) in [4.78, 5) is 10.7. The third kappa shape index (κ3) is 3.65. The Morgan fingerprint density at radius 2 is 2.12 bits per heavy atom. The van der Waals surface area contributed by atoms with E-state index in [-0.39, 0.29) is 11.5 Å². The van der Waals surface area contributed by atoms with Crippen molar-refractivity contribution in [2.24, 2.45) is 0 Å². The maximum Gasteiger partial charge on any atom is 0.387 e. The molecule has 0 N–H and O–H groups in total. The van der Waals surface area contributed by atoms with Gasteiger partial charge in [0.05, 0.1) is 8.40 Å². The maximum absolute atomic E-state index is 12.0. The molecule has 1 unspecified atom stereocenters. The predicted molar refractivity (Wildman–Crippen MR) is 68.1 cm³/mol. The number of carbonyl (C=O) groups is 1. The Hall–Kier alpha value is -0.240. The monoisotopic (exact) mass is 404 g/mol. The molecule has 1 atom stereocenters. The first-order valence-corrected chi connectivity index (χ1v) is 6.30. The average Bonchev–Trinajstić information content (AvgIpc) is 2.19. The molecule has 0 amide bonds. The molecule has 0 aliphatic carbocycles. The van der Waals surface area contributed by atoms with Crippen molar-refractivity contribution in [2.75, 3.05) is 0 Å². The van der Waals surface area contributed by atoms with Crippen LogP contribution in [0.1, 0.15) is 17.3 Å². The molecule has 0 heterocycles. The third-order valence-electron chi connectivity index (χ3n) is 1.82. The topological polar surface area (TPSA) is 26.3 Å². The van der Waals surface area contributed by atoms with Crippen LogP contribution in [-0.4, -0.2) is 12.4 Å². The van der Waals surface area contributed by atoms with Gasteiger partial charge in [0.2, 0.25) is 0 Å². The van der Waals surface area contributed by atoms with E-state index in [2.05, 4.69) is 20.7 Å². The van der Waals surface area contributed by atoms with E-state index in [0.717, 1.165) is 5.56 Å². The first-order valence-electron chi connectivity index (χ1n) is 4.30. The van der Waals surface area contributed by atoms with Gasteiger partial charge in [-0.1, -0.05) is 22.0 Å². The fourth-order valence-electron chi connectivity index (χ4n) is 1.10. The summed E-state index contributed by atoms with van der Waals surface area (Å²) in [6.45, 7) is -1.39. The Bertz CT molecular complexity index is 398. The van der Waals surface area contributed by atoms with Gasteiger partial charge in [-0.2, -0.15) is 8.78 Å². The minimum absolute atomic E-state index is 0.0432. The van der Waals surface area contributed by atoms with Gasteiger partial charge in [-0.3, -0.25) is 4.79 Å². The highest BCUT2D eigenvalue weighted by atomic mass is 127. The van der Waals surface area contributed by atoms with Crippen LogP contribution in [0.4, 0.5) is 8.78 Å². The molecule has 1 rings (SSSR count). The molecule has 16 heavy (non-hydrogen) atoms. The van der Waals surface area contributed by atoms with E-state index in [4.69, 9.17) is 0 Å². The van der Waals surface area contributed by atoms with Crippen LogP contribution in [0.25, 0.3) is 0 Å². The number of alkyl halides is 3. The normalized spacial score (nSPS) is 12.6. The Morgan fingerprint density at radius 1 is 1.50 bits per heavy atom. The molecule has 88 valence electrons. The van der Waals surface area contributed by atoms with E-state index < -0.39 is 11.4 Å². The van der Waals surface area contributed by atoms with Gasteiger partial charge in [0.25, 0.3) is 0 Å². The van der Waals surface area contributed by atoms with E-state index in [1.165, 1.54) is 13.0 Å². The van der Waals surface area contributed by atoms with Crippen molar-refractivity contribution in [2.45, 2.75) is 18.4 Å². The molecule has 0 aliphatic rings. The van der Waals surface area contributed by atoms with Crippen molar-refractivity contribution in [3.05, 3.63) is 27.3 Å². The highest BCUT2D eigenvalue weighted by Gasteiger charge is 2.15. The summed E-state index contributed by atoms with van der Waals surface area (Å²) in [6.07, 6.45) is 0. The van der Waals surface area contributed by atoms with Gasteiger partial charge in [0, 0.05) is 0 Å². The van der Waals surface area contributed by atoms with Crippen LogP contribution >= 0.6 is 38.5 Å². The summed E-state index contributed by atoms with van der Waals surface area (Å²) >= 11 is 5.10. The van der Waals surface area contributed by atoms with E-state index in [1.54, 1.807) is 12.1 Å². The zero-order chi connectivity index (χ0) is 12.3. The second-order valence-electron chi connectivity index (χ2n) is 3.04. The molecular formula is C10H8BrF2IO2. The number of hydrogen-bond acceptors (Lipinski definition) is 2. The number of rotatable bonds is 4. The predicted octanol–water partition coefficient (Wildman–Crippen LogP) is 3.92. The molecule has 0 saturated heterocycles. The van der Waals surface area contributed by atoms with Crippen molar-refractivity contribution in [3.63, 3.8) is 0 Å². The lowest BCUT2D eigenvalue weighted by molar-refractivity contribution is -0.116. The van der Waals surface area contributed by atoms with Crippen LogP contribution in [0.3, 0.4) is 0 Å². The first-order chi connectivity index (χ1) is 7.41. The third-order valence-corrected chi connectivity index (χ3v) is 3.84. The summed E-state index contributed by atoms with van der Waals surface area (Å²) < 4.78 is 28.8. The smallest absolute Gasteiger partial charge is 0.387 e. The molecule has 2 nitrogen and oxygen atoms in total. The summed E-state index contributed by atoms with van der Waals surface area (Å²) in [6, 6.07) is 4.65. The second-order valence-corrected chi connectivity index (χ2v) is 5.12. The molecular weight excluding hydrogens is 397 g/mol. The lowest BCUT2D eigenvalue weighted by Gasteiger charge is -2.10. The van der Waals surface area contributed by atoms with Crippen molar-refractivity contribution >= 4 is 44.3 Å². The Labute approximate surface area is 114 Å². The molecule has 0 bridgehead atoms. The molecule has 0 aromatic heterocycles. The minimum Gasteiger partial charge on any atom is -0.434 e. The molecule has 0 aliphatic heterocycles. The lowest BCUT2D eigenvalue weighted by Crippen LogP contribution is -2.05. The van der Waals surface area contributed by atoms with Crippen molar-refractivity contribution in [3.8, 4) is 5.75 Å². The first kappa shape index (κ1) is 13.8. The van der Waals surface area contributed by atoms with Crippen molar-refractivity contribution in [1.29, 1.82) is 0 Å². The van der Waals surface area contributed by atoms with Crippen LogP contribution in [-0.2, 0) is 4.79 Å². The van der Waals surface area contributed by atoms with Gasteiger partial charge >= 0.3 is 6.61 Å². The average molecular weight is 405 g/mol. The van der Waals surface area contributed by atoms with Gasteiger partial charge in [-0.15, -0.1) is 0 Å². The van der Waals surface area contributed by atoms with Crippen LogP contribution < -0.4 is 4.74 Å². The van der Waals surface area contributed by atoms with E-state index in [0.29, 0.717) is 3.57 Å². The fourth-order valence-corrected chi connectivity index (χ4v) is 2.05. The number of Topliss-reactive ketones (excluding diaryl/α,β-unsaturated/α-hetero) is 1. The van der Waals surface area contributed by atoms with Crippen molar-refractivity contribution in [1.82, 2.24) is 0 Å². The summed E-state index contributed by atoms with van der Waals surface area (Å²) in [5.74, 6) is 0.0703. The highest BCUT2D eigenvalue weighted by molar-refractivity contribution is 14.1. The lowest BCUT2D eigenvalue weighted by atomic mass is 10.1. The van der Waals surface area contributed by atoms with Crippen LogP contribution in [0.2, 0.25) is 0 Å². The van der Waals surface area contributed by atoms with E-state index in [9.17, 15) is 13.6 Å². The van der Waals surface area contributed by atoms with Gasteiger partial charge in [-0.05, 0) is 47.2 Å². The molecule has 0 saturated carbocycles. The zero-order valence-electron chi connectivity index (χ0n) is 8.22. The molecule has 1 aromatic rings. The van der Waals surface area contributed by atoms with Crippen LogP contribution in [0, 0.1) is 3.57 Å². The quantitative estimate of drug-likeness (QED) is 0.561. The Kier molecular flexibility index (Phi) is 5.10. The standard InChI is InChI=1S/C10H8BrF2IO2/c1-5(15)9(11)6-2-3-8(7(14)4-6)16-10(12)13/h2-4,9-10H,1H3. The highest BCUT2D eigenvalue weighted by Crippen LogP contribution is 2.30. The number of carbonyl (C=O) groups excluding carboxylic acids is 1. The summed E-state index contributed by atoms with van der Waals surface area (Å²) in [5.41, 5.74) is 0.721. The molecule has 6 heteroatoms. The fraction of sp³-hybridized carbons (Fsp3) is 0.300. The molecule has 0 fully saturated rings. The zero-order valence-corrected chi connectivity index (χ0v) is 12.0. The summed E-state index contributed by atoms with van der Waals surface area (Å²) in [7, 11) is 0. The van der Waals surface area contributed by atoms with Gasteiger partial charge < -0.3 is 4.74 Å². The second kappa shape index (κ2) is 5.90. The minimum atomic E-state index is -2.84. The van der Waals surface area contributed by atoms with Gasteiger partial charge in [-0.25, -0.2) is 0 Å². The van der Waals surface area contributed by atoms with Gasteiger partial charge in [0.15, 0.2) is 0 Å². The summed E-state index contributed by atoms with van der Waals surface area (Å²) in [5, 5.41) is 0. The van der Waals surface area contributed by atoms with E-state index in [1.807, 2.05) is 22.6 Å². The molecule has 0 spiro atoms. The van der Waals surface area contributed by atoms with Crippen LogP contribution in [0.15, 0.2) is 18.2 Å². The number of benzene rings is 1. The van der Waals surface area contributed by atoms with E-state index >= 15 is 0 Å². The molecule has 1 aromatic carbocycles. The van der Waals surface area contributed by atoms with Crippen molar-refractivity contribution < 1.29 is 18.3 Å². The number of hydrogen-bond donors (Lipinski definition) is 0. The Balaban J connectivity index is 2.95. The van der Waals surface area contributed by atoms with Crippen LogP contribution in [0.5, 0.6) is 5.75 Å². The van der Waals surface area contributed by atoms with Gasteiger partial charge in [0.1, 0.15) is 11.5 Å². The Morgan fingerprint density at radius 3 is 2.56 bits per heavy atom. The SMILES string of the molecule is CC(=O)C(Br)c1ccc(OC(F)F)c(I)c1. The number of ketones is 1. The largest absolute Gasteiger partial charge is 0.434 e. The number of ether oxygens (including phenoxy) is 1.